The van der Waals surface area contributed by atoms with Crippen molar-refractivity contribution in [3.63, 3.8) is 0 Å². The van der Waals surface area contributed by atoms with E-state index >= 15 is 0 Å². The highest BCUT2D eigenvalue weighted by molar-refractivity contribution is 9.10. The van der Waals surface area contributed by atoms with Gasteiger partial charge in [0.1, 0.15) is 11.4 Å². The second kappa shape index (κ2) is 4.52. The zero-order valence-electron chi connectivity index (χ0n) is 7.25. The van der Waals surface area contributed by atoms with Gasteiger partial charge < -0.3 is 10.2 Å². The number of nitrogens with zero attached hydrogens (tertiary/aromatic N) is 1. The largest absolute Gasteiger partial charge is 0.505 e. The molecular weight excluding hydrogens is 276 g/mol. The molecule has 1 aromatic heterocycles. The lowest BCUT2D eigenvalue weighted by atomic mass is 10.1. The van der Waals surface area contributed by atoms with Gasteiger partial charge in [-0.1, -0.05) is 0 Å². The summed E-state index contributed by atoms with van der Waals surface area (Å²) in [6.45, 7) is 0. The molecule has 0 amide bonds. The molecule has 0 radical (unpaired) electrons. The maximum Gasteiger partial charge on any atom is 0.308 e. The highest BCUT2D eigenvalue weighted by Gasteiger charge is 2.20. The van der Waals surface area contributed by atoms with Crippen LogP contribution >= 0.6 is 15.9 Å². The van der Waals surface area contributed by atoms with Gasteiger partial charge in [-0.2, -0.15) is 0 Å². The van der Waals surface area contributed by atoms with Crippen molar-refractivity contribution in [1.82, 2.24) is 4.98 Å². The molecule has 0 atom stereocenters. The molecule has 0 unspecified atom stereocenters. The van der Waals surface area contributed by atoms with Gasteiger partial charge in [-0.15, -0.1) is 0 Å². The summed E-state index contributed by atoms with van der Waals surface area (Å²) in [5, 5.41) is 17.9. The Hall–Kier alpha value is -1.24. The quantitative estimate of drug-likeness (QED) is 0.890. The minimum atomic E-state index is -2.94. The van der Waals surface area contributed by atoms with E-state index in [2.05, 4.69) is 20.9 Å². The van der Waals surface area contributed by atoms with Crippen LogP contribution in [0.25, 0.3) is 0 Å². The molecule has 82 valence electrons. The minimum Gasteiger partial charge on any atom is -0.505 e. The third-order valence-corrected chi connectivity index (χ3v) is 2.35. The topological polar surface area (TPSA) is 70.4 Å². The Bertz CT molecular complexity index is 398. The predicted molar refractivity (Wildman–Crippen MR) is 49.9 cm³/mol. The van der Waals surface area contributed by atoms with Gasteiger partial charge in [-0.3, -0.25) is 9.78 Å². The van der Waals surface area contributed by atoms with Crippen molar-refractivity contribution in [2.75, 3.05) is 0 Å². The normalized spacial score (nSPS) is 10.7. The fraction of sp³-hybridized carbons (Fsp3) is 0.250. The summed E-state index contributed by atoms with van der Waals surface area (Å²) in [7, 11) is 0. The van der Waals surface area contributed by atoms with Crippen molar-refractivity contribution in [3.8, 4) is 5.75 Å². The first-order valence-corrected chi connectivity index (χ1v) is 4.59. The summed E-state index contributed by atoms with van der Waals surface area (Å²) in [5.41, 5.74) is -0.915. The maximum atomic E-state index is 12.3. The molecule has 1 aromatic rings. The Labute approximate surface area is 91.7 Å². The van der Waals surface area contributed by atoms with Crippen molar-refractivity contribution in [2.45, 2.75) is 12.8 Å². The summed E-state index contributed by atoms with van der Waals surface area (Å²) in [6.07, 6.45) is -2.45. The van der Waals surface area contributed by atoms with Crippen molar-refractivity contribution in [1.29, 1.82) is 0 Å². The van der Waals surface area contributed by atoms with E-state index in [0.29, 0.717) is 0 Å². The summed E-state index contributed by atoms with van der Waals surface area (Å²) in [5.74, 6) is -2.00. The molecule has 0 fully saturated rings. The number of aromatic hydroxyl groups is 1. The van der Waals surface area contributed by atoms with E-state index < -0.39 is 30.3 Å². The summed E-state index contributed by atoms with van der Waals surface area (Å²) in [4.78, 5) is 13.7. The maximum absolute atomic E-state index is 12.3. The molecule has 0 aliphatic heterocycles. The Morgan fingerprint density at radius 1 is 1.60 bits per heavy atom. The molecule has 0 aromatic carbocycles. The number of halogens is 3. The van der Waals surface area contributed by atoms with Gasteiger partial charge in [-0.25, -0.2) is 8.78 Å². The standard InChI is InChI=1S/C8H6BrF2NO3/c9-4-2-12-6(8(10)11)7(15)3(4)1-5(13)14/h2,8,15H,1H2,(H,13,14). The first-order valence-electron chi connectivity index (χ1n) is 3.79. The molecule has 0 saturated heterocycles. The van der Waals surface area contributed by atoms with Gasteiger partial charge >= 0.3 is 5.97 Å². The molecule has 15 heavy (non-hydrogen) atoms. The monoisotopic (exact) mass is 281 g/mol. The van der Waals surface area contributed by atoms with Gasteiger partial charge in [0.2, 0.25) is 0 Å². The number of alkyl halides is 2. The lowest BCUT2D eigenvalue weighted by Gasteiger charge is -2.08. The van der Waals surface area contributed by atoms with Crippen LogP contribution in [-0.2, 0) is 11.2 Å². The van der Waals surface area contributed by atoms with Gasteiger partial charge in [0.05, 0.1) is 6.42 Å². The zero-order chi connectivity index (χ0) is 11.6. The Balaban J connectivity index is 3.23. The summed E-state index contributed by atoms with van der Waals surface area (Å²) < 4.78 is 24.8. The van der Waals surface area contributed by atoms with Gasteiger partial charge in [0, 0.05) is 16.2 Å². The van der Waals surface area contributed by atoms with E-state index in [0.717, 1.165) is 6.20 Å². The molecule has 4 nitrogen and oxygen atoms in total. The van der Waals surface area contributed by atoms with Crippen molar-refractivity contribution >= 4 is 21.9 Å². The third kappa shape index (κ3) is 2.62. The second-order valence-corrected chi connectivity index (χ2v) is 3.54. The van der Waals surface area contributed by atoms with Crippen molar-refractivity contribution in [2.24, 2.45) is 0 Å². The predicted octanol–water partition coefficient (Wildman–Crippen LogP) is 2.11. The van der Waals surface area contributed by atoms with E-state index in [4.69, 9.17) is 5.11 Å². The number of carboxylic acids is 1. The molecule has 0 aliphatic rings. The number of aliphatic carboxylic acids is 1. The van der Waals surface area contributed by atoms with Crippen LogP contribution in [0.15, 0.2) is 10.7 Å². The highest BCUT2D eigenvalue weighted by Crippen LogP contribution is 2.33. The van der Waals surface area contributed by atoms with Gasteiger partial charge in [0.25, 0.3) is 6.43 Å². The molecular formula is C8H6BrF2NO3. The van der Waals surface area contributed by atoms with Crippen LogP contribution in [0.3, 0.4) is 0 Å². The van der Waals surface area contributed by atoms with Crippen LogP contribution < -0.4 is 0 Å². The fourth-order valence-corrected chi connectivity index (χ4v) is 1.44. The Kier molecular flexibility index (Phi) is 3.57. The zero-order valence-corrected chi connectivity index (χ0v) is 8.83. The molecule has 0 spiro atoms. The number of carbonyl (C=O) groups is 1. The third-order valence-electron chi connectivity index (χ3n) is 1.67. The van der Waals surface area contributed by atoms with Crippen LogP contribution in [0.5, 0.6) is 5.75 Å². The Morgan fingerprint density at radius 2 is 2.20 bits per heavy atom. The van der Waals surface area contributed by atoms with Crippen LogP contribution in [0, 0.1) is 0 Å². The number of pyridine rings is 1. The van der Waals surface area contributed by atoms with E-state index in [1.165, 1.54) is 0 Å². The smallest absolute Gasteiger partial charge is 0.308 e. The fourth-order valence-electron chi connectivity index (χ4n) is 1.01. The Morgan fingerprint density at radius 3 is 2.67 bits per heavy atom. The molecule has 1 heterocycles. The molecule has 1 rings (SSSR count). The number of hydrogen-bond acceptors (Lipinski definition) is 3. The van der Waals surface area contributed by atoms with E-state index in [1.54, 1.807) is 0 Å². The number of aromatic nitrogens is 1. The van der Waals surface area contributed by atoms with Gasteiger partial charge in [0.15, 0.2) is 0 Å². The first-order chi connectivity index (χ1) is 6.93. The molecule has 2 N–H and O–H groups in total. The van der Waals surface area contributed by atoms with E-state index in [1.807, 2.05) is 0 Å². The van der Waals surface area contributed by atoms with Gasteiger partial charge in [-0.05, 0) is 15.9 Å². The second-order valence-electron chi connectivity index (χ2n) is 2.69. The number of rotatable bonds is 3. The molecule has 0 aliphatic carbocycles. The van der Waals surface area contributed by atoms with E-state index in [9.17, 15) is 18.7 Å². The number of hydrogen-bond donors (Lipinski definition) is 2. The van der Waals surface area contributed by atoms with Crippen LogP contribution in [-0.4, -0.2) is 21.2 Å². The molecule has 7 heteroatoms. The van der Waals surface area contributed by atoms with Crippen LogP contribution in [0.2, 0.25) is 0 Å². The molecule has 0 bridgehead atoms. The van der Waals surface area contributed by atoms with Crippen molar-refractivity contribution in [3.05, 3.63) is 21.9 Å². The summed E-state index contributed by atoms with van der Waals surface area (Å²) >= 11 is 2.93. The van der Waals surface area contributed by atoms with Crippen LogP contribution in [0.1, 0.15) is 17.7 Å². The van der Waals surface area contributed by atoms with Crippen molar-refractivity contribution < 1.29 is 23.8 Å². The highest BCUT2D eigenvalue weighted by atomic mass is 79.9. The average Bonchev–Trinajstić information content (AvgIpc) is 2.11. The number of carboxylic acid groups (broad SMARTS) is 1. The molecule has 0 saturated carbocycles. The summed E-state index contributed by atoms with van der Waals surface area (Å²) in [6, 6.07) is 0. The SMILES string of the molecule is O=C(O)Cc1c(Br)cnc(C(F)F)c1O. The lowest BCUT2D eigenvalue weighted by Crippen LogP contribution is -2.04. The van der Waals surface area contributed by atoms with E-state index in [-0.39, 0.29) is 10.0 Å². The van der Waals surface area contributed by atoms with Crippen LogP contribution in [0.4, 0.5) is 8.78 Å². The lowest BCUT2D eigenvalue weighted by molar-refractivity contribution is -0.136. The average molecular weight is 282 g/mol. The minimum absolute atomic E-state index is 0.104. The first kappa shape index (κ1) is 11.8.